The third kappa shape index (κ3) is 4.51. The van der Waals surface area contributed by atoms with E-state index in [1.807, 2.05) is 13.8 Å². The van der Waals surface area contributed by atoms with Crippen molar-refractivity contribution in [3.63, 3.8) is 0 Å². The third-order valence-electron chi connectivity index (χ3n) is 4.62. The Labute approximate surface area is 157 Å². The molecule has 0 aliphatic heterocycles. The Balaban J connectivity index is 1.57. The summed E-state index contributed by atoms with van der Waals surface area (Å²) in [7, 11) is 0. The molecule has 1 aliphatic carbocycles. The van der Waals surface area contributed by atoms with Gasteiger partial charge in [-0.3, -0.25) is 14.2 Å². The molecule has 0 fully saturated rings. The van der Waals surface area contributed by atoms with Crippen LogP contribution in [0.5, 0.6) is 0 Å². The zero-order valence-corrected chi connectivity index (χ0v) is 16.4. The predicted molar refractivity (Wildman–Crippen MR) is 104 cm³/mol. The maximum absolute atomic E-state index is 12.8. The van der Waals surface area contributed by atoms with Gasteiger partial charge in [-0.2, -0.15) is 0 Å². The van der Waals surface area contributed by atoms with Crippen molar-refractivity contribution >= 4 is 27.5 Å². The van der Waals surface area contributed by atoms with E-state index in [0.717, 1.165) is 35.9 Å². The molecule has 0 spiro atoms. The molecular weight excluding hydrogens is 350 g/mol. The standard InChI is InChI=1S/C19H27N3O3S/c1-13(2)25-11-5-9-20-16(23)8-10-22-12-21-18-17(19(22)24)14-6-3-4-7-15(14)26-18/h12-13H,3-11H2,1-2H3,(H,20,23). The van der Waals surface area contributed by atoms with E-state index < -0.39 is 0 Å². The second kappa shape index (κ2) is 8.77. The first-order chi connectivity index (χ1) is 12.6. The number of nitrogens with zero attached hydrogens (tertiary/aromatic N) is 2. The zero-order valence-electron chi connectivity index (χ0n) is 15.5. The molecule has 0 bridgehead atoms. The zero-order chi connectivity index (χ0) is 18.5. The molecule has 1 aliphatic rings. The molecule has 0 saturated heterocycles. The Kier molecular flexibility index (Phi) is 6.43. The quantitative estimate of drug-likeness (QED) is 0.718. The van der Waals surface area contributed by atoms with Gasteiger partial charge in [0.1, 0.15) is 4.83 Å². The molecule has 2 aromatic rings. The van der Waals surface area contributed by atoms with E-state index in [1.165, 1.54) is 16.9 Å². The first-order valence-corrected chi connectivity index (χ1v) is 10.3. The van der Waals surface area contributed by atoms with Crippen molar-refractivity contribution in [3.05, 3.63) is 27.1 Å². The fourth-order valence-electron chi connectivity index (χ4n) is 3.27. The van der Waals surface area contributed by atoms with Crippen LogP contribution in [0.4, 0.5) is 0 Å². The Hall–Kier alpha value is -1.73. The van der Waals surface area contributed by atoms with Crippen molar-refractivity contribution in [1.82, 2.24) is 14.9 Å². The van der Waals surface area contributed by atoms with Crippen LogP contribution in [0, 0.1) is 0 Å². The number of amides is 1. The minimum absolute atomic E-state index is 0.00691. The Bertz CT molecular complexity index is 825. The lowest BCUT2D eigenvalue weighted by molar-refractivity contribution is -0.121. The molecule has 1 N–H and O–H groups in total. The summed E-state index contributed by atoms with van der Waals surface area (Å²) in [6.07, 6.45) is 7.21. The lowest BCUT2D eigenvalue weighted by Gasteiger charge is -2.11. The van der Waals surface area contributed by atoms with Crippen molar-refractivity contribution in [2.75, 3.05) is 13.2 Å². The Morgan fingerprint density at radius 2 is 2.19 bits per heavy atom. The highest BCUT2D eigenvalue weighted by Crippen LogP contribution is 2.33. The van der Waals surface area contributed by atoms with E-state index in [2.05, 4.69) is 10.3 Å². The summed E-state index contributed by atoms with van der Waals surface area (Å²) in [5.41, 5.74) is 1.19. The molecule has 6 nitrogen and oxygen atoms in total. The molecule has 2 heterocycles. The summed E-state index contributed by atoms with van der Waals surface area (Å²) in [5.74, 6) is -0.0473. The summed E-state index contributed by atoms with van der Waals surface area (Å²) in [4.78, 5) is 31.4. The number of nitrogens with one attached hydrogen (secondary N) is 1. The number of hydrogen-bond donors (Lipinski definition) is 1. The topological polar surface area (TPSA) is 73.2 Å². The SMILES string of the molecule is CC(C)OCCCNC(=O)CCn1cnc2sc3c(c2c1=O)CCCC3. The van der Waals surface area contributed by atoms with E-state index in [1.54, 1.807) is 22.2 Å². The Morgan fingerprint density at radius 3 is 3.00 bits per heavy atom. The second-order valence-electron chi connectivity index (χ2n) is 7.01. The predicted octanol–water partition coefficient (Wildman–Crippen LogP) is 2.66. The minimum atomic E-state index is -0.0473. The van der Waals surface area contributed by atoms with Crippen LogP contribution in [-0.2, 0) is 28.9 Å². The smallest absolute Gasteiger partial charge is 0.262 e. The van der Waals surface area contributed by atoms with Crippen molar-refractivity contribution < 1.29 is 9.53 Å². The average molecular weight is 378 g/mol. The lowest BCUT2D eigenvalue weighted by atomic mass is 9.97. The number of ether oxygens (including phenoxy) is 1. The van der Waals surface area contributed by atoms with Crippen molar-refractivity contribution in [2.45, 2.75) is 65.0 Å². The molecule has 1 amide bonds. The molecule has 7 heteroatoms. The van der Waals surface area contributed by atoms with Crippen LogP contribution >= 0.6 is 11.3 Å². The summed E-state index contributed by atoms with van der Waals surface area (Å²) < 4.78 is 7.02. The molecular formula is C19H27N3O3S. The molecule has 2 aromatic heterocycles. The van der Waals surface area contributed by atoms with Crippen LogP contribution in [0.15, 0.2) is 11.1 Å². The fraction of sp³-hybridized carbons (Fsp3) is 0.632. The van der Waals surface area contributed by atoms with E-state index in [4.69, 9.17) is 4.74 Å². The van der Waals surface area contributed by atoms with Gasteiger partial charge in [-0.1, -0.05) is 0 Å². The van der Waals surface area contributed by atoms with Gasteiger partial charge in [0.05, 0.1) is 17.8 Å². The van der Waals surface area contributed by atoms with Gasteiger partial charge in [0.15, 0.2) is 0 Å². The Morgan fingerprint density at radius 1 is 1.38 bits per heavy atom. The second-order valence-corrected chi connectivity index (χ2v) is 8.09. The molecule has 0 unspecified atom stereocenters. The van der Waals surface area contributed by atoms with Gasteiger partial charge in [-0.25, -0.2) is 4.98 Å². The van der Waals surface area contributed by atoms with Gasteiger partial charge in [-0.05, 0) is 51.5 Å². The third-order valence-corrected chi connectivity index (χ3v) is 5.82. The van der Waals surface area contributed by atoms with Gasteiger partial charge >= 0.3 is 0 Å². The highest BCUT2D eigenvalue weighted by molar-refractivity contribution is 7.18. The van der Waals surface area contributed by atoms with E-state index >= 15 is 0 Å². The van der Waals surface area contributed by atoms with Crippen LogP contribution in [-0.4, -0.2) is 34.7 Å². The summed E-state index contributed by atoms with van der Waals surface area (Å²) in [6, 6.07) is 0. The number of carbonyl (C=O) groups is 1. The molecule has 142 valence electrons. The first-order valence-electron chi connectivity index (χ1n) is 9.44. The van der Waals surface area contributed by atoms with Gasteiger partial charge in [0.25, 0.3) is 5.56 Å². The highest BCUT2D eigenvalue weighted by Gasteiger charge is 2.20. The molecule has 0 aromatic carbocycles. The highest BCUT2D eigenvalue weighted by atomic mass is 32.1. The first kappa shape index (κ1) is 19.0. The number of fused-ring (bicyclic) bond motifs is 3. The number of hydrogen-bond acceptors (Lipinski definition) is 5. The van der Waals surface area contributed by atoms with Crippen molar-refractivity contribution in [2.24, 2.45) is 0 Å². The largest absolute Gasteiger partial charge is 0.379 e. The summed E-state index contributed by atoms with van der Waals surface area (Å²) in [6.45, 7) is 5.58. The summed E-state index contributed by atoms with van der Waals surface area (Å²) in [5, 5.41) is 3.65. The van der Waals surface area contributed by atoms with E-state index in [9.17, 15) is 9.59 Å². The molecule has 0 atom stereocenters. The number of rotatable bonds is 8. The maximum Gasteiger partial charge on any atom is 0.262 e. The van der Waals surface area contributed by atoms with Gasteiger partial charge in [0.2, 0.25) is 5.91 Å². The van der Waals surface area contributed by atoms with Crippen molar-refractivity contribution in [1.29, 1.82) is 0 Å². The number of thiophene rings is 1. The van der Waals surface area contributed by atoms with Gasteiger partial charge in [-0.15, -0.1) is 11.3 Å². The van der Waals surface area contributed by atoms with Crippen molar-refractivity contribution in [3.8, 4) is 0 Å². The van der Waals surface area contributed by atoms with Crippen LogP contribution in [0.2, 0.25) is 0 Å². The molecule has 3 rings (SSSR count). The van der Waals surface area contributed by atoms with Gasteiger partial charge < -0.3 is 10.1 Å². The van der Waals surface area contributed by atoms with Gasteiger partial charge in [0, 0.05) is 31.0 Å². The normalized spacial score (nSPS) is 14.0. The molecule has 0 radical (unpaired) electrons. The lowest BCUT2D eigenvalue weighted by Crippen LogP contribution is -2.29. The number of aromatic nitrogens is 2. The monoisotopic (exact) mass is 377 g/mol. The van der Waals surface area contributed by atoms with Crippen LogP contribution < -0.4 is 10.9 Å². The molecule has 26 heavy (non-hydrogen) atoms. The number of aryl methyl sites for hydroxylation is 3. The number of carbonyl (C=O) groups excluding carboxylic acids is 1. The van der Waals surface area contributed by atoms with E-state index in [0.29, 0.717) is 19.7 Å². The summed E-state index contributed by atoms with van der Waals surface area (Å²) >= 11 is 1.65. The average Bonchev–Trinajstić information content (AvgIpc) is 3.00. The minimum Gasteiger partial charge on any atom is -0.379 e. The van der Waals surface area contributed by atoms with Crippen LogP contribution in [0.1, 0.15) is 50.0 Å². The maximum atomic E-state index is 12.8. The van der Waals surface area contributed by atoms with E-state index in [-0.39, 0.29) is 24.0 Å². The van der Waals surface area contributed by atoms with Crippen LogP contribution in [0.3, 0.4) is 0 Å². The van der Waals surface area contributed by atoms with Crippen LogP contribution in [0.25, 0.3) is 10.2 Å². The fourth-order valence-corrected chi connectivity index (χ4v) is 4.49. The molecule has 0 saturated carbocycles.